The first kappa shape index (κ1) is 14.7. The lowest BCUT2D eigenvalue weighted by Gasteiger charge is -2.26. The fourth-order valence-corrected chi connectivity index (χ4v) is 2.43. The summed E-state index contributed by atoms with van der Waals surface area (Å²) in [5, 5.41) is 0. The van der Waals surface area contributed by atoms with Crippen molar-refractivity contribution in [1.29, 1.82) is 0 Å². The number of likely N-dealkylation sites (N-methyl/N-ethyl adjacent to an activating group) is 1. The molecule has 3 heteroatoms. The summed E-state index contributed by atoms with van der Waals surface area (Å²) in [5.41, 5.74) is 4.55. The van der Waals surface area contributed by atoms with Gasteiger partial charge in [-0.1, -0.05) is 17.7 Å². The Morgan fingerprint density at radius 1 is 1.22 bits per heavy atom. The van der Waals surface area contributed by atoms with Gasteiger partial charge >= 0.3 is 5.97 Å². The highest BCUT2D eigenvalue weighted by atomic mass is 16.5. The zero-order chi connectivity index (χ0) is 13.9. The number of ether oxygens (including phenoxy) is 1. The van der Waals surface area contributed by atoms with Gasteiger partial charge in [0.05, 0.1) is 6.61 Å². The summed E-state index contributed by atoms with van der Waals surface area (Å²) in [6.45, 7) is 8.40. The van der Waals surface area contributed by atoms with Crippen molar-refractivity contribution in [3.05, 3.63) is 34.4 Å². The monoisotopic (exact) mass is 249 g/mol. The second kappa shape index (κ2) is 6.01. The standard InChI is InChI=1S/C15H23NO2/c1-7-18-15(17)14(16(5)6)13-11(3)8-10(2)9-12(13)4/h8-9,14H,7H2,1-6H3. The predicted octanol–water partition coefficient (Wildman–Crippen LogP) is 2.78. The van der Waals surface area contributed by atoms with Gasteiger partial charge in [-0.3, -0.25) is 4.90 Å². The van der Waals surface area contributed by atoms with E-state index in [4.69, 9.17) is 4.74 Å². The normalized spacial score (nSPS) is 12.6. The van der Waals surface area contributed by atoms with Gasteiger partial charge in [0.1, 0.15) is 6.04 Å². The summed E-state index contributed by atoms with van der Waals surface area (Å²) >= 11 is 0. The van der Waals surface area contributed by atoms with Crippen molar-refractivity contribution in [2.24, 2.45) is 0 Å². The maximum absolute atomic E-state index is 12.1. The average Bonchev–Trinajstić information content (AvgIpc) is 2.22. The molecule has 0 amide bonds. The molecule has 0 heterocycles. The molecule has 0 aliphatic rings. The fourth-order valence-electron chi connectivity index (χ4n) is 2.43. The molecule has 0 radical (unpaired) electrons. The van der Waals surface area contributed by atoms with Crippen LogP contribution in [0.3, 0.4) is 0 Å². The lowest BCUT2D eigenvalue weighted by atomic mass is 9.93. The molecule has 0 N–H and O–H groups in total. The molecule has 0 saturated heterocycles. The number of benzene rings is 1. The zero-order valence-electron chi connectivity index (χ0n) is 12.2. The van der Waals surface area contributed by atoms with Crippen LogP contribution >= 0.6 is 0 Å². The fraction of sp³-hybridized carbons (Fsp3) is 0.533. The van der Waals surface area contributed by atoms with Crippen molar-refractivity contribution in [3.63, 3.8) is 0 Å². The Hall–Kier alpha value is -1.35. The molecule has 1 aromatic carbocycles. The number of hydrogen-bond donors (Lipinski definition) is 0. The van der Waals surface area contributed by atoms with E-state index in [2.05, 4.69) is 19.1 Å². The Labute approximate surface area is 110 Å². The average molecular weight is 249 g/mol. The summed E-state index contributed by atoms with van der Waals surface area (Å²) in [6.07, 6.45) is 0. The lowest BCUT2D eigenvalue weighted by molar-refractivity contribution is -0.148. The summed E-state index contributed by atoms with van der Waals surface area (Å²) in [6, 6.07) is 3.89. The highest BCUT2D eigenvalue weighted by molar-refractivity contribution is 5.78. The van der Waals surface area contributed by atoms with Crippen molar-refractivity contribution >= 4 is 5.97 Å². The van der Waals surface area contributed by atoms with Crippen LogP contribution < -0.4 is 0 Å². The van der Waals surface area contributed by atoms with E-state index in [1.807, 2.05) is 39.8 Å². The van der Waals surface area contributed by atoms with Gasteiger partial charge in [0.25, 0.3) is 0 Å². The molecule has 0 aliphatic heterocycles. The summed E-state index contributed by atoms with van der Waals surface area (Å²) in [5.74, 6) is -0.183. The van der Waals surface area contributed by atoms with Crippen molar-refractivity contribution in [2.45, 2.75) is 33.7 Å². The first-order chi connectivity index (χ1) is 8.38. The number of nitrogens with zero attached hydrogens (tertiary/aromatic N) is 1. The van der Waals surface area contributed by atoms with Gasteiger partial charge < -0.3 is 4.74 Å². The van der Waals surface area contributed by atoms with E-state index in [0.29, 0.717) is 6.61 Å². The third-order valence-electron chi connectivity index (χ3n) is 3.04. The molecule has 0 saturated carbocycles. The molecule has 0 spiro atoms. The molecule has 1 unspecified atom stereocenters. The van der Waals surface area contributed by atoms with Crippen LogP contribution in [0.15, 0.2) is 12.1 Å². The van der Waals surface area contributed by atoms with E-state index in [9.17, 15) is 4.79 Å². The van der Waals surface area contributed by atoms with Gasteiger partial charge in [0.2, 0.25) is 0 Å². The van der Waals surface area contributed by atoms with E-state index in [1.165, 1.54) is 5.56 Å². The van der Waals surface area contributed by atoms with E-state index in [1.54, 1.807) is 0 Å². The molecule has 0 fully saturated rings. The van der Waals surface area contributed by atoms with Gasteiger partial charge in [-0.25, -0.2) is 4.79 Å². The zero-order valence-corrected chi connectivity index (χ0v) is 12.2. The first-order valence-electron chi connectivity index (χ1n) is 6.29. The summed E-state index contributed by atoms with van der Waals surface area (Å²) in [7, 11) is 3.81. The minimum absolute atomic E-state index is 0.183. The maximum atomic E-state index is 12.1. The summed E-state index contributed by atoms with van der Waals surface area (Å²) < 4.78 is 5.18. The molecule has 0 aliphatic carbocycles. The molecule has 0 bridgehead atoms. The van der Waals surface area contributed by atoms with Crippen LogP contribution in [0.5, 0.6) is 0 Å². The molecular formula is C15H23NO2. The van der Waals surface area contributed by atoms with Gasteiger partial charge in [0, 0.05) is 0 Å². The van der Waals surface area contributed by atoms with Gasteiger partial charge in [-0.15, -0.1) is 0 Å². The highest BCUT2D eigenvalue weighted by Crippen LogP contribution is 2.27. The Bertz CT molecular complexity index is 415. The number of esters is 1. The van der Waals surface area contributed by atoms with Crippen LogP contribution in [0.2, 0.25) is 0 Å². The minimum atomic E-state index is -0.328. The Morgan fingerprint density at radius 3 is 2.11 bits per heavy atom. The third-order valence-corrected chi connectivity index (χ3v) is 3.04. The smallest absolute Gasteiger partial charge is 0.327 e. The van der Waals surface area contributed by atoms with Crippen molar-refractivity contribution in [2.75, 3.05) is 20.7 Å². The molecule has 1 atom stereocenters. The van der Waals surface area contributed by atoms with Crippen molar-refractivity contribution in [3.8, 4) is 0 Å². The van der Waals surface area contributed by atoms with Crippen LogP contribution in [0.4, 0.5) is 0 Å². The topological polar surface area (TPSA) is 29.5 Å². The van der Waals surface area contributed by atoms with Crippen LogP contribution in [0.1, 0.15) is 35.2 Å². The molecule has 100 valence electrons. The van der Waals surface area contributed by atoms with E-state index >= 15 is 0 Å². The van der Waals surface area contributed by atoms with Crippen LogP contribution in [0.25, 0.3) is 0 Å². The molecule has 18 heavy (non-hydrogen) atoms. The SMILES string of the molecule is CCOC(=O)C(c1c(C)cc(C)cc1C)N(C)C. The number of carbonyl (C=O) groups is 1. The number of hydrogen-bond acceptors (Lipinski definition) is 3. The van der Waals surface area contributed by atoms with Crippen LogP contribution in [0, 0.1) is 20.8 Å². The Balaban J connectivity index is 3.26. The predicted molar refractivity (Wildman–Crippen MR) is 73.7 cm³/mol. The second-order valence-corrected chi connectivity index (χ2v) is 4.93. The number of aryl methyl sites for hydroxylation is 3. The lowest BCUT2D eigenvalue weighted by Crippen LogP contribution is -2.30. The molecular weight excluding hydrogens is 226 g/mol. The molecule has 1 aromatic rings. The quantitative estimate of drug-likeness (QED) is 0.768. The first-order valence-corrected chi connectivity index (χ1v) is 6.29. The van der Waals surface area contributed by atoms with Crippen molar-refractivity contribution < 1.29 is 9.53 Å². The largest absolute Gasteiger partial charge is 0.465 e. The van der Waals surface area contributed by atoms with E-state index in [0.717, 1.165) is 16.7 Å². The van der Waals surface area contributed by atoms with E-state index in [-0.39, 0.29) is 12.0 Å². The number of rotatable bonds is 4. The van der Waals surface area contributed by atoms with Crippen molar-refractivity contribution in [1.82, 2.24) is 4.90 Å². The Kier molecular flexibility index (Phi) is 4.91. The highest BCUT2D eigenvalue weighted by Gasteiger charge is 2.27. The minimum Gasteiger partial charge on any atom is -0.465 e. The van der Waals surface area contributed by atoms with Crippen LogP contribution in [-0.4, -0.2) is 31.6 Å². The molecule has 0 aromatic heterocycles. The van der Waals surface area contributed by atoms with E-state index < -0.39 is 0 Å². The summed E-state index contributed by atoms with van der Waals surface area (Å²) in [4.78, 5) is 14.0. The molecule has 1 rings (SSSR count). The number of carbonyl (C=O) groups excluding carboxylic acids is 1. The van der Waals surface area contributed by atoms with Gasteiger partial charge in [-0.2, -0.15) is 0 Å². The second-order valence-electron chi connectivity index (χ2n) is 4.93. The Morgan fingerprint density at radius 2 is 1.72 bits per heavy atom. The third kappa shape index (κ3) is 3.10. The van der Waals surface area contributed by atoms with Crippen LogP contribution in [-0.2, 0) is 9.53 Å². The maximum Gasteiger partial charge on any atom is 0.327 e. The van der Waals surface area contributed by atoms with Gasteiger partial charge in [-0.05, 0) is 58.5 Å². The molecule has 3 nitrogen and oxygen atoms in total. The van der Waals surface area contributed by atoms with Gasteiger partial charge in [0.15, 0.2) is 0 Å².